The molecule has 2 saturated carbocycles. The lowest BCUT2D eigenvalue weighted by Crippen LogP contribution is -2.27. The van der Waals surface area contributed by atoms with E-state index >= 15 is 0 Å². The average molecular weight is 279 g/mol. The van der Waals surface area contributed by atoms with E-state index in [1.165, 1.54) is 44.7 Å². The smallest absolute Gasteiger partial charge is 0.302 e. The maximum Gasteiger partial charge on any atom is 0.302 e. The number of aliphatic imine (C=N–C) groups is 1. The van der Waals surface area contributed by atoms with E-state index in [-0.39, 0.29) is 16.7 Å². The topological polar surface area (TPSA) is 67.5 Å². The highest BCUT2D eigenvalue weighted by molar-refractivity contribution is 5.75. The summed E-state index contributed by atoms with van der Waals surface area (Å²) >= 11 is 0. The Morgan fingerprint density at radius 2 is 1.65 bits per heavy atom. The molecular weight excluding hydrogens is 254 g/mol. The Kier molecular flexibility index (Phi) is 6.02. The Bertz CT molecular complexity index is 367. The van der Waals surface area contributed by atoms with Crippen LogP contribution in [0.3, 0.4) is 0 Å². The molecule has 5 heteroatoms. The molecule has 20 heavy (non-hydrogen) atoms. The van der Waals surface area contributed by atoms with E-state index in [9.17, 15) is 10.1 Å². The summed E-state index contributed by atoms with van der Waals surface area (Å²) in [7, 11) is 0. The van der Waals surface area contributed by atoms with Crippen LogP contribution in [0.4, 0.5) is 0 Å². The molecule has 2 rings (SSSR count). The van der Waals surface area contributed by atoms with E-state index in [4.69, 9.17) is 0 Å². The van der Waals surface area contributed by atoms with Gasteiger partial charge in [-0.1, -0.05) is 38.5 Å². The van der Waals surface area contributed by atoms with Gasteiger partial charge in [0.05, 0.1) is 17.2 Å². The minimum Gasteiger partial charge on any atom is -0.383 e. The zero-order chi connectivity index (χ0) is 14.2. The molecule has 0 aromatic carbocycles. The molecule has 5 nitrogen and oxygen atoms in total. The van der Waals surface area contributed by atoms with Gasteiger partial charge in [0.25, 0.3) is 0 Å². The van der Waals surface area contributed by atoms with Crippen molar-refractivity contribution in [2.75, 3.05) is 0 Å². The highest BCUT2D eigenvalue weighted by Crippen LogP contribution is 2.20. The van der Waals surface area contributed by atoms with Crippen LogP contribution in [0.25, 0.3) is 0 Å². The molecule has 0 aliphatic heterocycles. The van der Waals surface area contributed by atoms with Crippen LogP contribution in [0.15, 0.2) is 16.9 Å². The predicted molar refractivity (Wildman–Crippen MR) is 80.5 cm³/mol. The first-order valence-electron chi connectivity index (χ1n) is 7.89. The van der Waals surface area contributed by atoms with Gasteiger partial charge in [0.1, 0.15) is 6.21 Å². The number of hydrogen-bond acceptors (Lipinski definition) is 4. The van der Waals surface area contributed by atoms with Crippen molar-refractivity contribution in [2.45, 2.75) is 76.3 Å². The fourth-order valence-corrected chi connectivity index (χ4v) is 3.02. The second-order valence-corrected chi connectivity index (χ2v) is 5.90. The summed E-state index contributed by atoms with van der Waals surface area (Å²) in [6, 6.07) is 0.670. The van der Waals surface area contributed by atoms with E-state index < -0.39 is 0 Å². The molecule has 112 valence electrons. The lowest BCUT2D eigenvalue weighted by Gasteiger charge is -2.21. The summed E-state index contributed by atoms with van der Waals surface area (Å²) in [6.07, 6.45) is 14.7. The first-order chi connectivity index (χ1) is 9.75. The fourth-order valence-electron chi connectivity index (χ4n) is 3.02. The van der Waals surface area contributed by atoms with Crippen LogP contribution in [-0.2, 0) is 0 Å². The minimum atomic E-state index is -0.345. The SMILES string of the molecule is O=[N+]([O-])/C(C=NC1CCCCC1)=C/NC1CCCCC1. The Balaban J connectivity index is 1.88. The van der Waals surface area contributed by atoms with Gasteiger partial charge in [0.15, 0.2) is 0 Å². The highest BCUT2D eigenvalue weighted by Gasteiger charge is 2.15. The maximum atomic E-state index is 11.1. The zero-order valence-corrected chi connectivity index (χ0v) is 12.1. The average Bonchev–Trinajstić information content (AvgIpc) is 2.49. The zero-order valence-electron chi connectivity index (χ0n) is 12.1. The van der Waals surface area contributed by atoms with E-state index in [1.807, 2.05) is 0 Å². The van der Waals surface area contributed by atoms with Gasteiger partial charge in [0.2, 0.25) is 0 Å². The molecule has 1 N–H and O–H groups in total. The normalized spacial score (nSPS) is 23.1. The second-order valence-electron chi connectivity index (χ2n) is 5.90. The minimum absolute atomic E-state index is 0.0844. The Morgan fingerprint density at radius 1 is 1.05 bits per heavy atom. The van der Waals surface area contributed by atoms with Gasteiger partial charge in [-0.15, -0.1) is 0 Å². The van der Waals surface area contributed by atoms with Crippen molar-refractivity contribution in [3.05, 3.63) is 22.0 Å². The van der Waals surface area contributed by atoms with Gasteiger partial charge in [0, 0.05) is 6.04 Å². The second kappa shape index (κ2) is 8.02. The van der Waals surface area contributed by atoms with Crippen molar-refractivity contribution in [3.8, 4) is 0 Å². The summed E-state index contributed by atoms with van der Waals surface area (Å²) in [4.78, 5) is 15.1. The Morgan fingerprint density at radius 3 is 2.25 bits per heavy atom. The molecule has 0 aromatic rings. The van der Waals surface area contributed by atoms with Crippen molar-refractivity contribution in [1.82, 2.24) is 5.32 Å². The third-order valence-electron chi connectivity index (χ3n) is 4.28. The number of nitrogens with zero attached hydrogens (tertiary/aromatic N) is 2. The fraction of sp³-hybridized carbons (Fsp3) is 0.800. The van der Waals surface area contributed by atoms with Crippen LogP contribution in [0.1, 0.15) is 64.2 Å². The number of allylic oxidation sites excluding steroid dienone is 1. The van der Waals surface area contributed by atoms with Crippen molar-refractivity contribution in [1.29, 1.82) is 0 Å². The van der Waals surface area contributed by atoms with Crippen LogP contribution < -0.4 is 5.32 Å². The Hall–Kier alpha value is -1.39. The van der Waals surface area contributed by atoms with Gasteiger partial charge in [-0.2, -0.15) is 0 Å². The molecule has 0 aromatic heterocycles. The molecule has 0 unspecified atom stereocenters. The lowest BCUT2D eigenvalue weighted by molar-refractivity contribution is -0.414. The molecular formula is C15H25N3O2. The predicted octanol–water partition coefficient (Wildman–Crippen LogP) is 3.43. The van der Waals surface area contributed by atoms with E-state index in [0.717, 1.165) is 25.7 Å². The number of nitrogens with one attached hydrogen (secondary N) is 1. The molecule has 0 bridgehead atoms. The molecule has 0 amide bonds. The number of rotatable bonds is 5. The molecule has 0 saturated heterocycles. The summed E-state index contributed by atoms with van der Waals surface area (Å²) in [6.45, 7) is 0. The maximum absolute atomic E-state index is 11.1. The lowest BCUT2D eigenvalue weighted by atomic mass is 9.96. The summed E-state index contributed by atoms with van der Waals surface area (Å²) in [5.41, 5.74) is 0.0844. The Labute approximate surface area is 120 Å². The molecule has 0 atom stereocenters. The van der Waals surface area contributed by atoms with Crippen molar-refractivity contribution in [2.24, 2.45) is 4.99 Å². The van der Waals surface area contributed by atoms with Crippen LogP contribution in [0.2, 0.25) is 0 Å². The first-order valence-corrected chi connectivity index (χ1v) is 7.89. The van der Waals surface area contributed by atoms with E-state index in [1.54, 1.807) is 6.20 Å². The van der Waals surface area contributed by atoms with Gasteiger partial charge in [-0.3, -0.25) is 15.1 Å². The number of nitro groups is 1. The van der Waals surface area contributed by atoms with Crippen molar-refractivity contribution in [3.63, 3.8) is 0 Å². The van der Waals surface area contributed by atoms with Crippen LogP contribution in [0, 0.1) is 10.1 Å². The molecule has 0 heterocycles. The summed E-state index contributed by atoms with van der Waals surface area (Å²) in [5.74, 6) is 0. The van der Waals surface area contributed by atoms with Crippen molar-refractivity contribution >= 4 is 6.21 Å². The van der Waals surface area contributed by atoms with Crippen LogP contribution >= 0.6 is 0 Å². The largest absolute Gasteiger partial charge is 0.383 e. The van der Waals surface area contributed by atoms with Gasteiger partial charge in [-0.05, 0) is 25.7 Å². The van der Waals surface area contributed by atoms with Gasteiger partial charge in [-0.25, -0.2) is 0 Å². The standard InChI is InChI=1S/C15H25N3O2/c19-18(20)15(11-16-13-7-3-1-4-8-13)12-17-14-9-5-2-6-10-14/h11-14,16H,1-10H2/b15-11+,17-12?. The highest BCUT2D eigenvalue weighted by atomic mass is 16.6. The molecule has 0 radical (unpaired) electrons. The summed E-state index contributed by atoms with van der Waals surface area (Å²) < 4.78 is 0. The van der Waals surface area contributed by atoms with Gasteiger partial charge < -0.3 is 5.32 Å². The third-order valence-corrected chi connectivity index (χ3v) is 4.28. The first kappa shape index (κ1) is 15.0. The molecule has 2 aliphatic carbocycles. The van der Waals surface area contributed by atoms with E-state index in [2.05, 4.69) is 10.3 Å². The third kappa shape index (κ3) is 4.94. The summed E-state index contributed by atoms with van der Waals surface area (Å²) in [5, 5.41) is 14.2. The quantitative estimate of drug-likeness (QED) is 0.476. The van der Waals surface area contributed by atoms with Crippen LogP contribution in [0.5, 0.6) is 0 Å². The molecule has 0 spiro atoms. The van der Waals surface area contributed by atoms with Crippen molar-refractivity contribution < 1.29 is 4.92 Å². The van der Waals surface area contributed by atoms with Gasteiger partial charge >= 0.3 is 5.70 Å². The van der Waals surface area contributed by atoms with E-state index in [0.29, 0.717) is 6.04 Å². The number of hydrogen-bond donors (Lipinski definition) is 1. The van der Waals surface area contributed by atoms with Crippen LogP contribution in [-0.4, -0.2) is 23.2 Å². The molecule has 2 fully saturated rings. The monoisotopic (exact) mass is 279 g/mol. The molecule has 2 aliphatic rings.